The Labute approximate surface area is 63.5 Å². The van der Waals surface area contributed by atoms with Gasteiger partial charge in [-0.05, 0) is 26.4 Å². The molecule has 1 atom stereocenters. The van der Waals surface area contributed by atoms with Gasteiger partial charge in [-0.25, -0.2) is 0 Å². The Balaban J connectivity index is 3.68. The van der Waals surface area contributed by atoms with Crippen LogP contribution in [0.1, 0.15) is 26.7 Å². The van der Waals surface area contributed by atoms with Gasteiger partial charge in [-0.1, -0.05) is 13.8 Å². The molecule has 0 aliphatic rings. The molecule has 0 aliphatic carbocycles. The topological polar surface area (TPSA) is 35.9 Å². The molecule has 0 rings (SSSR count). The van der Waals surface area contributed by atoms with Gasteiger partial charge in [0.2, 0.25) is 0 Å². The molecule has 0 aromatic rings. The fourth-order valence-corrected chi connectivity index (χ4v) is 0.762. The number of hydrogen-bond donors (Lipinski definition) is 2. The zero-order valence-corrected chi connectivity index (χ0v) is 7.20. The Morgan fingerprint density at radius 3 is 2.50 bits per heavy atom. The molecular weight excluding hydrogens is 124 g/mol. The Morgan fingerprint density at radius 1 is 1.60 bits per heavy atom. The highest BCUT2D eigenvalue weighted by molar-refractivity contribution is 5.61. The van der Waals surface area contributed by atoms with E-state index >= 15 is 0 Å². The average Bonchev–Trinajstić information content (AvgIpc) is 2.00. The van der Waals surface area contributed by atoms with Gasteiger partial charge < -0.3 is 10.7 Å². The third-order valence-corrected chi connectivity index (χ3v) is 2.10. The lowest BCUT2D eigenvalue weighted by atomic mass is 9.85. The van der Waals surface area contributed by atoms with Crippen LogP contribution < -0.4 is 5.32 Å². The van der Waals surface area contributed by atoms with Crippen LogP contribution in [-0.4, -0.2) is 19.8 Å². The lowest BCUT2D eigenvalue weighted by Crippen LogP contribution is -2.22. The highest BCUT2D eigenvalue weighted by Crippen LogP contribution is 2.21. The third-order valence-electron chi connectivity index (χ3n) is 2.10. The largest absolute Gasteiger partial charge is 0.320 e. The molecule has 0 spiro atoms. The molecular formula is C8H18N2. The van der Waals surface area contributed by atoms with Gasteiger partial charge in [-0.3, -0.25) is 0 Å². The van der Waals surface area contributed by atoms with Crippen molar-refractivity contribution in [3.8, 4) is 0 Å². The van der Waals surface area contributed by atoms with E-state index in [0.29, 0.717) is 0 Å². The fraction of sp³-hybridized carbons (Fsp3) is 0.875. The predicted molar refractivity (Wildman–Crippen MR) is 45.7 cm³/mol. The van der Waals surface area contributed by atoms with E-state index in [-0.39, 0.29) is 5.41 Å². The van der Waals surface area contributed by atoms with Crippen molar-refractivity contribution in [3.05, 3.63) is 0 Å². The van der Waals surface area contributed by atoms with Crippen molar-refractivity contribution in [2.75, 3.05) is 13.6 Å². The van der Waals surface area contributed by atoms with Crippen LogP contribution in [0.25, 0.3) is 0 Å². The van der Waals surface area contributed by atoms with E-state index in [2.05, 4.69) is 19.2 Å². The lowest BCUT2D eigenvalue weighted by molar-refractivity contribution is 0.414. The van der Waals surface area contributed by atoms with E-state index in [9.17, 15) is 0 Å². The molecule has 0 heterocycles. The summed E-state index contributed by atoms with van der Waals surface area (Å²) in [4.78, 5) is 0. The summed E-state index contributed by atoms with van der Waals surface area (Å²) in [5.41, 5.74) is 0.114. The normalized spacial score (nSPS) is 16.3. The maximum atomic E-state index is 7.18. The lowest BCUT2D eigenvalue weighted by Gasteiger charge is -2.21. The van der Waals surface area contributed by atoms with E-state index in [1.54, 1.807) is 6.21 Å². The molecule has 1 unspecified atom stereocenters. The quantitative estimate of drug-likeness (QED) is 0.563. The van der Waals surface area contributed by atoms with Crippen LogP contribution in [0.15, 0.2) is 0 Å². The Hall–Kier alpha value is -0.370. The van der Waals surface area contributed by atoms with Crippen molar-refractivity contribution < 1.29 is 0 Å². The van der Waals surface area contributed by atoms with Crippen LogP contribution in [0.3, 0.4) is 0 Å². The average molecular weight is 142 g/mol. The van der Waals surface area contributed by atoms with Crippen LogP contribution in [0.4, 0.5) is 0 Å². The SMILES string of the molecule is CCC(C)(C=N)CCNC. The predicted octanol–water partition coefficient (Wildman–Crippen LogP) is 1.66. The molecule has 2 N–H and O–H groups in total. The molecule has 0 aromatic carbocycles. The van der Waals surface area contributed by atoms with Gasteiger partial charge in [-0.15, -0.1) is 0 Å². The van der Waals surface area contributed by atoms with Gasteiger partial charge >= 0.3 is 0 Å². The summed E-state index contributed by atoms with van der Waals surface area (Å²) in [6.07, 6.45) is 3.67. The van der Waals surface area contributed by atoms with Crippen LogP contribution in [0, 0.1) is 10.8 Å². The molecule has 0 amide bonds. The molecule has 0 radical (unpaired) electrons. The van der Waals surface area contributed by atoms with Crippen molar-refractivity contribution in [2.24, 2.45) is 5.41 Å². The zero-order chi connectivity index (χ0) is 8.04. The fourth-order valence-electron chi connectivity index (χ4n) is 0.762. The Morgan fingerprint density at radius 2 is 2.20 bits per heavy atom. The highest BCUT2D eigenvalue weighted by atomic mass is 14.8. The van der Waals surface area contributed by atoms with E-state index in [4.69, 9.17) is 5.41 Å². The van der Waals surface area contributed by atoms with Crippen molar-refractivity contribution >= 4 is 6.21 Å². The molecule has 60 valence electrons. The van der Waals surface area contributed by atoms with Crippen molar-refractivity contribution in [2.45, 2.75) is 26.7 Å². The monoisotopic (exact) mass is 142 g/mol. The maximum Gasteiger partial charge on any atom is 0.00308 e. The molecule has 0 bridgehead atoms. The summed E-state index contributed by atoms with van der Waals surface area (Å²) in [5, 5.41) is 10.3. The van der Waals surface area contributed by atoms with Crippen LogP contribution in [0.5, 0.6) is 0 Å². The molecule has 2 nitrogen and oxygen atoms in total. The Kier molecular flexibility index (Phi) is 4.28. The number of rotatable bonds is 5. The molecule has 0 saturated carbocycles. The second-order valence-electron chi connectivity index (χ2n) is 3.01. The van der Waals surface area contributed by atoms with Crippen LogP contribution >= 0.6 is 0 Å². The summed E-state index contributed by atoms with van der Waals surface area (Å²) in [5.74, 6) is 0. The van der Waals surface area contributed by atoms with Crippen molar-refractivity contribution in [1.82, 2.24) is 5.32 Å². The molecule has 0 aromatic heterocycles. The zero-order valence-electron chi connectivity index (χ0n) is 7.20. The minimum atomic E-state index is 0.114. The summed E-state index contributed by atoms with van der Waals surface area (Å²) in [6, 6.07) is 0. The first-order chi connectivity index (χ1) is 4.68. The third kappa shape index (κ3) is 2.97. The minimum absolute atomic E-state index is 0.114. The van der Waals surface area contributed by atoms with Gasteiger partial charge in [0.15, 0.2) is 0 Å². The standard InChI is InChI=1S/C8H18N2/c1-4-8(2,7-9)5-6-10-3/h7,9-10H,4-6H2,1-3H3. The summed E-state index contributed by atoms with van der Waals surface area (Å²) in [6.45, 7) is 5.25. The van der Waals surface area contributed by atoms with Crippen LogP contribution in [-0.2, 0) is 0 Å². The van der Waals surface area contributed by atoms with Gasteiger partial charge in [-0.2, -0.15) is 0 Å². The van der Waals surface area contributed by atoms with Gasteiger partial charge in [0.1, 0.15) is 0 Å². The van der Waals surface area contributed by atoms with E-state index in [1.807, 2.05) is 7.05 Å². The summed E-state index contributed by atoms with van der Waals surface area (Å²) in [7, 11) is 1.94. The van der Waals surface area contributed by atoms with Gasteiger partial charge in [0, 0.05) is 11.6 Å². The van der Waals surface area contributed by atoms with E-state index in [0.717, 1.165) is 19.4 Å². The van der Waals surface area contributed by atoms with Crippen molar-refractivity contribution in [1.29, 1.82) is 5.41 Å². The minimum Gasteiger partial charge on any atom is -0.320 e. The second kappa shape index (κ2) is 4.45. The molecule has 0 fully saturated rings. The first-order valence-electron chi connectivity index (χ1n) is 3.85. The second-order valence-corrected chi connectivity index (χ2v) is 3.01. The Bertz CT molecular complexity index is 101. The van der Waals surface area contributed by atoms with Gasteiger partial charge in [0.25, 0.3) is 0 Å². The summed E-state index contributed by atoms with van der Waals surface area (Å²) >= 11 is 0. The highest BCUT2D eigenvalue weighted by Gasteiger charge is 2.17. The van der Waals surface area contributed by atoms with E-state index < -0.39 is 0 Å². The van der Waals surface area contributed by atoms with Crippen LogP contribution in [0.2, 0.25) is 0 Å². The molecule has 0 saturated heterocycles. The van der Waals surface area contributed by atoms with Gasteiger partial charge in [0.05, 0.1) is 0 Å². The first-order valence-corrected chi connectivity index (χ1v) is 3.85. The molecule has 2 heteroatoms. The number of nitrogens with one attached hydrogen (secondary N) is 2. The van der Waals surface area contributed by atoms with Crippen molar-refractivity contribution in [3.63, 3.8) is 0 Å². The summed E-state index contributed by atoms with van der Waals surface area (Å²) < 4.78 is 0. The maximum absolute atomic E-state index is 7.18. The smallest absolute Gasteiger partial charge is 0.00308 e. The number of hydrogen-bond acceptors (Lipinski definition) is 2. The first kappa shape index (κ1) is 9.63. The molecule has 0 aliphatic heterocycles. The van der Waals surface area contributed by atoms with E-state index in [1.165, 1.54) is 0 Å². The molecule has 10 heavy (non-hydrogen) atoms.